The Morgan fingerprint density at radius 3 is 2.45 bits per heavy atom. The first-order chi connectivity index (χ1) is 9.63. The fourth-order valence-electron chi connectivity index (χ4n) is 3.31. The van der Waals surface area contributed by atoms with Crippen LogP contribution in [0.3, 0.4) is 0 Å². The third kappa shape index (κ3) is 2.68. The van der Waals surface area contributed by atoms with E-state index in [-0.39, 0.29) is 6.03 Å². The lowest BCUT2D eigenvalue weighted by atomic mass is 9.99. The van der Waals surface area contributed by atoms with Crippen LogP contribution in [0.5, 0.6) is 0 Å². The van der Waals surface area contributed by atoms with Gasteiger partial charge in [0.15, 0.2) is 0 Å². The Bertz CT molecular complexity index is 510. The number of rotatable bonds is 2. The topological polar surface area (TPSA) is 32.3 Å². The Balaban J connectivity index is 1.60. The van der Waals surface area contributed by atoms with Crippen molar-refractivity contribution in [3.63, 3.8) is 0 Å². The molecule has 3 nitrogen and oxygen atoms in total. The standard InChI is InChI=1S/C16H19ClN2O/c1-11-8-14-6-7-15(9-11)19(14)16(20)18-10-12-2-4-13(17)5-3-12/h2-5,14-15H,1,6-10H2,(H,18,20). The highest BCUT2D eigenvalue weighted by atomic mass is 35.5. The lowest BCUT2D eigenvalue weighted by Crippen LogP contribution is -2.49. The van der Waals surface area contributed by atoms with Crippen molar-refractivity contribution >= 4 is 17.6 Å². The van der Waals surface area contributed by atoms with Crippen molar-refractivity contribution < 1.29 is 4.79 Å². The summed E-state index contributed by atoms with van der Waals surface area (Å²) >= 11 is 5.85. The van der Waals surface area contributed by atoms with Gasteiger partial charge in [-0.25, -0.2) is 4.79 Å². The lowest BCUT2D eigenvalue weighted by Gasteiger charge is -2.35. The van der Waals surface area contributed by atoms with E-state index >= 15 is 0 Å². The molecule has 2 atom stereocenters. The van der Waals surface area contributed by atoms with Crippen molar-refractivity contribution in [2.45, 2.75) is 44.3 Å². The molecule has 2 aliphatic heterocycles. The SMILES string of the molecule is C=C1CC2CCC(C1)N2C(=O)NCc1ccc(Cl)cc1. The first-order valence-electron chi connectivity index (χ1n) is 7.11. The molecule has 0 aliphatic carbocycles. The highest BCUT2D eigenvalue weighted by Gasteiger charge is 2.40. The van der Waals surface area contributed by atoms with Crippen molar-refractivity contribution in [1.82, 2.24) is 10.2 Å². The number of benzene rings is 1. The van der Waals surface area contributed by atoms with E-state index in [1.54, 1.807) is 0 Å². The summed E-state index contributed by atoms with van der Waals surface area (Å²) in [5.74, 6) is 0. The zero-order chi connectivity index (χ0) is 14.1. The van der Waals surface area contributed by atoms with E-state index in [1.165, 1.54) is 5.57 Å². The van der Waals surface area contributed by atoms with Gasteiger partial charge in [-0.1, -0.05) is 35.9 Å². The number of nitrogens with one attached hydrogen (secondary N) is 1. The molecule has 4 heteroatoms. The van der Waals surface area contributed by atoms with Crippen LogP contribution >= 0.6 is 11.6 Å². The third-order valence-corrected chi connectivity index (χ3v) is 4.51. The number of nitrogens with zero attached hydrogens (tertiary/aromatic N) is 1. The zero-order valence-electron chi connectivity index (χ0n) is 11.4. The van der Waals surface area contributed by atoms with Gasteiger partial charge in [0.2, 0.25) is 0 Å². The summed E-state index contributed by atoms with van der Waals surface area (Å²) in [6, 6.07) is 8.33. The van der Waals surface area contributed by atoms with Gasteiger partial charge >= 0.3 is 6.03 Å². The van der Waals surface area contributed by atoms with Gasteiger partial charge in [0, 0.05) is 23.7 Å². The average molecular weight is 291 g/mol. The second kappa shape index (κ2) is 5.49. The quantitative estimate of drug-likeness (QED) is 0.827. The largest absolute Gasteiger partial charge is 0.334 e. The molecule has 1 aromatic rings. The minimum Gasteiger partial charge on any atom is -0.334 e. The number of urea groups is 1. The number of piperidine rings is 1. The molecular weight excluding hydrogens is 272 g/mol. The monoisotopic (exact) mass is 290 g/mol. The molecule has 0 spiro atoms. The minimum atomic E-state index is 0.0555. The van der Waals surface area contributed by atoms with E-state index in [0.717, 1.165) is 31.2 Å². The number of hydrogen-bond acceptors (Lipinski definition) is 1. The van der Waals surface area contributed by atoms with E-state index in [1.807, 2.05) is 29.2 Å². The van der Waals surface area contributed by atoms with Crippen LogP contribution in [-0.2, 0) is 6.54 Å². The molecule has 2 amide bonds. The molecule has 3 rings (SSSR count). The Kier molecular flexibility index (Phi) is 3.70. The molecule has 0 aromatic heterocycles. The van der Waals surface area contributed by atoms with E-state index in [4.69, 9.17) is 11.6 Å². The van der Waals surface area contributed by atoms with Gasteiger partial charge in [-0.3, -0.25) is 0 Å². The molecule has 2 saturated heterocycles. The summed E-state index contributed by atoms with van der Waals surface area (Å²) in [5, 5.41) is 3.73. The number of fused-ring (bicyclic) bond motifs is 2. The Morgan fingerprint density at radius 2 is 1.85 bits per heavy atom. The molecule has 20 heavy (non-hydrogen) atoms. The van der Waals surface area contributed by atoms with E-state index in [9.17, 15) is 4.79 Å². The van der Waals surface area contributed by atoms with Gasteiger partial charge in [-0.05, 0) is 43.4 Å². The number of carbonyl (C=O) groups is 1. The van der Waals surface area contributed by atoms with Gasteiger partial charge in [-0.15, -0.1) is 0 Å². The summed E-state index contributed by atoms with van der Waals surface area (Å²) < 4.78 is 0. The van der Waals surface area contributed by atoms with Crippen molar-refractivity contribution in [2.75, 3.05) is 0 Å². The summed E-state index contributed by atoms with van der Waals surface area (Å²) in [6.45, 7) is 4.63. The fourth-order valence-corrected chi connectivity index (χ4v) is 3.44. The molecule has 2 unspecified atom stereocenters. The summed E-state index contributed by atoms with van der Waals surface area (Å²) in [4.78, 5) is 14.4. The predicted octanol–water partition coefficient (Wildman–Crippen LogP) is 3.73. The minimum absolute atomic E-state index is 0.0555. The van der Waals surface area contributed by atoms with Crippen LogP contribution in [-0.4, -0.2) is 23.0 Å². The maximum Gasteiger partial charge on any atom is 0.318 e. The zero-order valence-corrected chi connectivity index (χ0v) is 12.2. The molecule has 2 fully saturated rings. The lowest BCUT2D eigenvalue weighted by molar-refractivity contribution is 0.160. The molecule has 1 N–H and O–H groups in total. The molecule has 2 aliphatic rings. The van der Waals surface area contributed by atoms with Crippen LogP contribution in [0.2, 0.25) is 5.02 Å². The smallest absolute Gasteiger partial charge is 0.318 e. The molecule has 2 heterocycles. The van der Waals surface area contributed by atoms with Crippen molar-refractivity contribution in [3.8, 4) is 0 Å². The van der Waals surface area contributed by atoms with Crippen LogP contribution in [0.25, 0.3) is 0 Å². The van der Waals surface area contributed by atoms with Crippen LogP contribution in [0.1, 0.15) is 31.2 Å². The van der Waals surface area contributed by atoms with Gasteiger partial charge in [0.05, 0.1) is 0 Å². The summed E-state index contributed by atoms with van der Waals surface area (Å²) in [7, 11) is 0. The third-order valence-electron chi connectivity index (χ3n) is 4.26. The predicted molar refractivity (Wildman–Crippen MR) is 80.7 cm³/mol. The average Bonchev–Trinajstić information content (AvgIpc) is 2.70. The molecule has 2 bridgehead atoms. The highest BCUT2D eigenvalue weighted by molar-refractivity contribution is 6.30. The first kappa shape index (κ1) is 13.5. The highest BCUT2D eigenvalue weighted by Crippen LogP contribution is 2.37. The van der Waals surface area contributed by atoms with Crippen molar-refractivity contribution in [1.29, 1.82) is 0 Å². The van der Waals surface area contributed by atoms with Crippen LogP contribution in [0.15, 0.2) is 36.4 Å². The summed E-state index contributed by atoms with van der Waals surface area (Å²) in [6.07, 6.45) is 4.14. The maximum absolute atomic E-state index is 12.4. The molecule has 0 radical (unpaired) electrons. The Labute approximate surface area is 124 Å². The summed E-state index contributed by atoms with van der Waals surface area (Å²) in [5.41, 5.74) is 2.36. The maximum atomic E-state index is 12.4. The van der Waals surface area contributed by atoms with E-state index in [2.05, 4.69) is 11.9 Å². The van der Waals surface area contributed by atoms with Gasteiger partial charge < -0.3 is 10.2 Å². The van der Waals surface area contributed by atoms with Crippen LogP contribution < -0.4 is 5.32 Å². The number of carbonyl (C=O) groups excluding carboxylic acids is 1. The van der Waals surface area contributed by atoms with Gasteiger partial charge in [0.25, 0.3) is 0 Å². The van der Waals surface area contributed by atoms with Gasteiger partial charge in [0.1, 0.15) is 0 Å². The normalized spacial score (nSPS) is 24.9. The second-order valence-electron chi connectivity index (χ2n) is 5.74. The number of hydrogen-bond donors (Lipinski definition) is 1. The molecule has 1 aromatic carbocycles. The van der Waals surface area contributed by atoms with Gasteiger partial charge in [-0.2, -0.15) is 0 Å². The fraction of sp³-hybridized carbons (Fsp3) is 0.438. The first-order valence-corrected chi connectivity index (χ1v) is 7.48. The Hall–Kier alpha value is -1.48. The second-order valence-corrected chi connectivity index (χ2v) is 6.17. The van der Waals surface area contributed by atoms with Crippen LogP contribution in [0.4, 0.5) is 4.79 Å². The van der Waals surface area contributed by atoms with Crippen molar-refractivity contribution in [2.24, 2.45) is 0 Å². The molecular formula is C16H19ClN2O. The number of amides is 2. The van der Waals surface area contributed by atoms with E-state index in [0.29, 0.717) is 23.7 Å². The number of halogens is 1. The molecule has 0 saturated carbocycles. The van der Waals surface area contributed by atoms with Crippen LogP contribution in [0, 0.1) is 0 Å². The Morgan fingerprint density at radius 1 is 1.25 bits per heavy atom. The van der Waals surface area contributed by atoms with E-state index < -0.39 is 0 Å². The van der Waals surface area contributed by atoms with Crippen molar-refractivity contribution in [3.05, 3.63) is 47.0 Å². The molecule has 106 valence electrons.